The van der Waals surface area contributed by atoms with Gasteiger partial charge in [0, 0.05) is 4.75 Å². The zero-order valence-corrected chi connectivity index (χ0v) is 20.4. The summed E-state index contributed by atoms with van der Waals surface area (Å²) < 4.78 is 12.1. The molecular weight excluding hydrogens is 468 g/mol. The topological polar surface area (TPSA) is 111 Å². The lowest BCUT2D eigenvalue weighted by atomic mass is 9.95. The van der Waals surface area contributed by atoms with E-state index in [-0.39, 0.29) is 34.6 Å². The molecule has 3 heterocycles. The molecule has 1 aromatic heterocycles. The van der Waals surface area contributed by atoms with Crippen LogP contribution in [0.2, 0.25) is 0 Å². The van der Waals surface area contributed by atoms with E-state index >= 15 is 0 Å². The number of tetrazole rings is 1. The van der Waals surface area contributed by atoms with E-state index in [1.54, 1.807) is 40.6 Å². The molecule has 35 heavy (non-hydrogen) atoms. The van der Waals surface area contributed by atoms with E-state index in [1.807, 2.05) is 42.5 Å². The van der Waals surface area contributed by atoms with E-state index in [4.69, 9.17) is 9.47 Å². The van der Waals surface area contributed by atoms with Crippen molar-refractivity contribution in [3.05, 3.63) is 66.0 Å². The highest BCUT2D eigenvalue weighted by Gasteiger charge is 2.63. The highest BCUT2D eigenvalue weighted by atomic mass is 32.2. The number of amides is 2. The van der Waals surface area contributed by atoms with Crippen LogP contribution < -0.4 is 14.8 Å². The predicted molar refractivity (Wildman–Crippen MR) is 129 cm³/mol. The molecule has 2 aliphatic heterocycles. The van der Waals surface area contributed by atoms with Gasteiger partial charge in [-0.2, -0.15) is 0 Å². The number of ether oxygens (including phenoxy) is 2. The van der Waals surface area contributed by atoms with Crippen LogP contribution in [0, 0.1) is 0 Å². The maximum Gasteiger partial charge on any atom is 0.258 e. The summed E-state index contributed by atoms with van der Waals surface area (Å²) in [6.45, 7) is 4.45. The van der Waals surface area contributed by atoms with Crippen molar-refractivity contribution in [2.24, 2.45) is 0 Å². The fourth-order valence-electron chi connectivity index (χ4n) is 4.47. The maximum atomic E-state index is 13.2. The summed E-state index contributed by atoms with van der Waals surface area (Å²) >= 11 is 1.64. The number of benzene rings is 2. The van der Waals surface area contributed by atoms with Crippen LogP contribution >= 0.6 is 11.8 Å². The van der Waals surface area contributed by atoms with Crippen molar-refractivity contribution in [1.82, 2.24) is 30.4 Å². The number of methoxy groups -OCH3 is 1. The van der Waals surface area contributed by atoms with Gasteiger partial charge in [-0.1, -0.05) is 30.3 Å². The Balaban J connectivity index is 1.27. The summed E-state index contributed by atoms with van der Waals surface area (Å²) in [7, 11) is 1.63. The number of thioether (sulfide) groups is 1. The van der Waals surface area contributed by atoms with Gasteiger partial charge < -0.3 is 19.7 Å². The van der Waals surface area contributed by atoms with Gasteiger partial charge in [-0.05, 0) is 54.1 Å². The second-order valence-electron chi connectivity index (χ2n) is 8.95. The highest BCUT2D eigenvalue weighted by molar-refractivity contribution is 8.01. The van der Waals surface area contributed by atoms with Gasteiger partial charge in [-0.25, -0.2) is 4.68 Å². The van der Waals surface area contributed by atoms with Gasteiger partial charge >= 0.3 is 0 Å². The minimum atomic E-state index is -0.609. The quantitative estimate of drug-likeness (QED) is 0.474. The monoisotopic (exact) mass is 494 g/mol. The predicted octanol–water partition coefficient (Wildman–Crippen LogP) is 2.03. The van der Waals surface area contributed by atoms with Crippen LogP contribution in [0.15, 0.2) is 54.6 Å². The summed E-state index contributed by atoms with van der Waals surface area (Å²) in [5, 5.41) is 15.0. The van der Waals surface area contributed by atoms with Crippen molar-refractivity contribution < 1.29 is 19.1 Å². The molecule has 11 heteroatoms. The third-order valence-corrected chi connectivity index (χ3v) is 7.74. The van der Waals surface area contributed by atoms with Crippen LogP contribution in [-0.4, -0.2) is 66.8 Å². The molecule has 0 spiro atoms. The molecule has 5 rings (SSSR count). The normalized spacial score (nSPS) is 22.3. The average molecular weight is 495 g/mol. The summed E-state index contributed by atoms with van der Waals surface area (Å²) in [6, 6.07) is 15.8. The Bertz CT molecular complexity index is 1220. The molecule has 2 amide bonds. The van der Waals surface area contributed by atoms with Crippen molar-refractivity contribution in [1.29, 1.82) is 0 Å². The van der Waals surface area contributed by atoms with Crippen LogP contribution in [0.3, 0.4) is 0 Å². The van der Waals surface area contributed by atoms with Crippen molar-refractivity contribution >= 4 is 23.6 Å². The molecule has 3 atom stereocenters. The first kappa shape index (κ1) is 23.2. The summed E-state index contributed by atoms with van der Waals surface area (Å²) in [5.41, 5.74) is 1.01. The third kappa shape index (κ3) is 4.43. The molecule has 2 aromatic carbocycles. The van der Waals surface area contributed by atoms with E-state index in [1.165, 1.54) is 0 Å². The zero-order valence-electron chi connectivity index (χ0n) is 19.6. The molecule has 2 aliphatic rings. The van der Waals surface area contributed by atoms with Gasteiger partial charge in [0.15, 0.2) is 12.4 Å². The lowest BCUT2D eigenvalue weighted by Crippen LogP contribution is -2.68. The Morgan fingerprint density at radius 1 is 1.11 bits per heavy atom. The van der Waals surface area contributed by atoms with E-state index < -0.39 is 6.04 Å². The van der Waals surface area contributed by atoms with Gasteiger partial charge in [0.05, 0.1) is 13.7 Å². The number of β-lactam (4-membered cyclic amide) rings is 1. The Hall–Kier alpha value is -3.60. The summed E-state index contributed by atoms with van der Waals surface area (Å²) in [5.74, 6) is 1.51. The molecule has 2 unspecified atom stereocenters. The van der Waals surface area contributed by atoms with E-state index in [9.17, 15) is 9.59 Å². The van der Waals surface area contributed by atoms with Gasteiger partial charge in [-0.15, -0.1) is 16.9 Å². The van der Waals surface area contributed by atoms with Gasteiger partial charge in [0.1, 0.15) is 29.0 Å². The first-order valence-corrected chi connectivity index (χ1v) is 12.1. The smallest absolute Gasteiger partial charge is 0.258 e. The van der Waals surface area contributed by atoms with Gasteiger partial charge in [0.25, 0.3) is 5.91 Å². The number of carbonyl (C=O) groups is 2. The standard InChI is InChI=1S/C24H26N6O4S/c1-24(2)20(21-26-27-28-29(21)13-15-9-11-16(33-3)12-10-15)30-22(32)19(23(30)35-24)25-18(31)14-34-17-7-5-4-6-8-17/h4-12,19-20,23H,13-14H2,1-3H3,(H,25,31)/t19?,20?,23-/m1/s1. The molecule has 0 saturated carbocycles. The second kappa shape index (κ2) is 9.21. The lowest BCUT2D eigenvalue weighted by Gasteiger charge is -2.44. The first-order chi connectivity index (χ1) is 16.9. The van der Waals surface area contributed by atoms with E-state index in [2.05, 4.69) is 34.7 Å². The highest BCUT2D eigenvalue weighted by Crippen LogP contribution is 2.56. The maximum absolute atomic E-state index is 13.2. The van der Waals surface area contributed by atoms with Crippen LogP contribution in [0.5, 0.6) is 11.5 Å². The number of hydrogen-bond acceptors (Lipinski definition) is 8. The molecule has 3 aromatic rings. The number of fused-ring (bicyclic) bond motifs is 1. The minimum absolute atomic E-state index is 0.148. The van der Waals surface area contributed by atoms with Gasteiger partial charge in [0.2, 0.25) is 5.91 Å². The molecule has 0 bridgehead atoms. The third-order valence-electron chi connectivity index (χ3n) is 6.17. The number of nitrogens with one attached hydrogen (secondary N) is 1. The molecule has 1 N–H and O–H groups in total. The summed E-state index contributed by atoms with van der Waals surface area (Å²) in [4.78, 5) is 27.4. The number of carbonyl (C=O) groups excluding carboxylic acids is 2. The number of para-hydroxylation sites is 1. The van der Waals surface area contributed by atoms with Gasteiger partial charge in [-0.3, -0.25) is 9.59 Å². The molecule has 2 fully saturated rings. The Morgan fingerprint density at radius 2 is 1.86 bits per heavy atom. The molecule has 2 saturated heterocycles. The number of rotatable bonds is 8. The average Bonchev–Trinajstić information content (AvgIpc) is 3.41. The van der Waals surface area contributed by atoms with Crippen molar-refractivity contribution in [3.63, 3.8) is 0 Å². The summed E-state index contributed by atoms with van der Waals surface area (Å²) in [6.07, 6.45) is 0. The second-order valence-corrected chi connectivity index (χ2v) is 10.7. The van der Waals surface area contributed by atoms with E-state index in [0.717, 1.165) is 11.3 Å². The molecule has 0 aliphatic carbocycles. The van der Waals surface area contributed by atoms with Crippen LogP contribution in [0.1, 0.15) is 31.3 Å². The largest absolute Gasteiger partial charge is 0.497 e. The number of hydrogen-bond donors (Lipinski definition) is 1. The van der Waals surface area contributed by atoms with Crippen LogP contribution in [0.25, 0.3) is 0 Å². The van der Waals surface area contributed by atoms with Crippen LogP contribution in [0.4, 0.5) is 0 Å². The molecule has 182 valence electrons. The number of nitrogens with zero attached hydrogens (tertiary/aromatic N) is 5. The van der Waals surface area contributed by atoms with Crippen LogP contribution in [-0.2, 0) is 16.1 Å². The SMILES string of the molecule is COc1ccc(Cn2nnnc2C2N3C(=O)C(NC(=O)COc4ccccc4)[C@H]3SC2(C)C)cc1. The van der Waals surface area contributed by atoms with Crippen molar-refractivity contribution in [2.75, 3.05) is 13.7 Å². The fraction of sp³-hybridized carbons (Fsp3) is 0.375. The van der Waals surface area contributed by atoms with Crippen molar-refractivity contribution in [3.8, 4) is 11.5 Å². The number of aromatic nitrogens is 4. The Labute approximate surface area is 207 Å². The fourth-order valence-corrected chi connectivity index (χ4v) is 6.10. The van der Waals surface area contributed by atoms with Crippen molar-refractivity contribution in [2.45, 2.75) is 42.6 Å². The first-order valence-electron chi connectivity index (χ1n) is 11.2. The molecular formula is C24H26N6O4S. The lowest BCUT2D eigenvalue weighted by molar-refractivity contribution is -0.152. The minimum Gasteiger partial charge on any atom is -0.497 e. The zero-order chi connectivity index (χ0) is 24.6. The Kier molecular flexibility index (Phi) is 6.10. The molecule has 0 radical (unpaired) electrons. The Morgan fingerprint density at radius 3 is 2.57 bits per heavy atom. The molecule has 10 nitrogen and oxygen atoms in total. The van der Waals surface area contributed by atoms with E-state index in [0.29, 0.717) is 18.1 Å².